The highest BCUT2D eigenvalue weighted by molar-refractivity contribution is 7.98. The lowest BCUT2D eigenvalue weighted by Crippen LogP contribution is -2.31. The second-order valence-electron chi connectivity index (χ2n) is 5.49. The Morgan fingerprint density at radius 2 is 1.79 bits per heavy atom. The van der Waals surface area contributed by atoms with Crippen LogP contribution in [0.2, 0.25) is 5.02 Å². The van der Waals surface area contributed by atoms with Crippen LogP contribution in [0.3, 0.4) is 0 Å². The van der Waals surface area contributed by atoms with E-state index in [2.05, 4.69) is 5.32 Å². The maximum atomic E-state index is 12.0. The number of rotatable bonds is 7. The molecule has 24 heavy (non-hydrogen) atoms. The summed E-state index contributed by atoms with van der Waals surface area (Å²) in [6, 6.07) is 15.5. The van der Waals surface area contributed by atoms with E-state index < -0.39 is 0 Å². The number of thioether (sulfide) groups is 1. The van der Waals surface area contributed by atoms with Gasteiger partial charge in [0, 0.05) is 27.8 Å². The van der Waals surface area contributed by atoms with Gasteiger partial charge in [0.15, 0.2) is 0 Å². The molecule has 0 bridgehead atoms. The average Bonchev–Trinajstić information content (AvgIpc) is 2.59. The zero-order valence-electron chi connectivity index (χ0n) is 13.5. The Kier molecular flexibility index (Phi) is 9.22. The molecular weight excluding hydrogens is 363 g/mol. The van der Waals surface area contributed by atoms with Gasteiger partial charge in [-0.05, 0) is 54.4 Å². The first-order valence-electron chi connectivity index (χ1n) is 7.54. The standard InChI is InChI=1S/C18H21ClN2OS.ClH/c1-13(10-20)11-21-18(22)15-4-2-14(3-5-15)12-23-17-8-6-16(19)7-9-17;/h2-9,13H,10-12,20H2,1H3,(H,21,22);1H. The summed E-state index contributed by atoms with van der Waals surface area (Å²) in [6.07, 6.45) is 0. The molecule has 0 aliphatic carbocycles. The SMILES string of the molecule is CC(CN)CNC(=O)c1ccc(CSc2ccc(Cl)cc2)cc1.Cl. The lowest BCUT2D eigenvalue weighted by atomic mass is 10.1. The first kappa shape index (κ1) is 20.8. The van der Waals surface area contributed by atoms with E-state index in [0.29, 0.717) is 18.7 Å². The molecular formula is C18H22Cl2N2OS. The second kappa shape index (κ2) is 10.6. The van der Waals surface area contributed by atoms with Gasteiger partial charge < -0.3 is 11.1 Å². The van der Waals surface area contributed by atoms with Gasteiger partial charge in [-0.15, -0.1) is 24.2 Å². The van der Waals surface area contributed by atoms with Crippen molar-refractivity contribution in [1.82, 2.24) is 5.32 Å². The first-order chi connectivity index (χ1) is 11.1. The minimum absolute atomic E-state index is 0. The van der Waals surface area contributed by atoms with Crippen molar-refractivity contribution in [3.05, 3.63) is 64.7 Å². The zero-order valence-corrected chi connectivity index (χ0v) is 15.9. The number of nitrogens with two attached hydrogens (primary N) is 1. The highest BCUT2D eigenvalue weighted by atomic mass is 35.5. The van der Waals surface area contributed by atoms with Crippen LogP contribution in [-0.2, 0) is 5.75 Å². The van der Waals surface area contributed by atoms with Gasteiger partial charge in [-0.2, -0.15) is 0 Å². The quantitative estimate of drug-likeness (QED) is 0.696. The zero-order chi connectivity index (χ0) is 16.7. The van der Waals surface area contributed by atoms with E-state index in [-0.39, 0.29) is 24.2 Å². The Balaban J connectivity index is 0.00000288. The molecule has 2 rings (SSSR count). The minimum Gasteiger partial charge on any atom is -0.352 e. The summed E-state index contributed by atoms with van der Waals surface area (Å²) in [6.45, 7) is 3.18. The van der Waals surface area contributed by atoms with Gasteiger partial charge in [-0.1, -0.05) is 30.7 Å². The molecule has 0 saturated heterocycles. The monoisotopic (exact) mass is 384 g/mol. The largest absolute Gasteiger partial charge is 0.352 e. The number of hydrogen-bond donors (Lipinski definition) is 2. The van der Waals surface area contributed by atoms with Crippen molar-refractivity contribution >= 4 is 41.7 Å². The first-order valence-corrected chi connectivity index (χ1v) is 8.90. The van der Waals surface area contributed by atoms with E-state index >= 15 is 0 Å². The molecule has 2 aromatic rings. The van der Waals surface area contributed by atoms with Crippen LogP contribution in [0, 0.1) is 5.92 Å². The van der Waals surface area contributed by atoms with Crippen molar-refractivity contribution in [3.8, 4) is 0 Å². The third-order valence-electron chi connectivity index (χ3n) is 3.45. The lowest BCUT2D eigenvalue weighted by Gasteiger charge is -2.10. The van der Waals surface area contributed by atoms with Crippen LogP contribution < -0.4 is 11.1 Å². The highest BCUT2D eigenvalue weighted by Gasteiger charge is 2.07. The van der Waals surface area contributed by atoms with Crippen LogP contribution in [0.5, 0.6) is 0 Å². The van der Waals surface area contributed by atoms with Crippen LogP contribution in [0.4, 0.5) is 0 Å². The molecule has 0 aromatic heterocycles. The normalized spacial score (nSPS) is 11.5. The van der Waals surface area contributed by atoms with Gasteiger partial charge in [0.25, 0.3) is 5.91 Å². The molecule has 3 N–H and O–H groups in total. The Labute approximate surface area is 158 Å². The fourth-order valence-corrected chi connectivity index (χ4v) is 2.88. The molecule has 1 unspecified atom stereocenters. The van der Waals surface area contributed by atoms with E-state index in [9.17, 15) is 4.79 Å². The molecule has 0 spiro atoms. The number of benzene rings is 2. The molecule has 0 aliphatic rings. The van der Waals surface area contributed by atoms with E-state index in [1.54, 1.807) is 11.8 Å². The van der Waals surface area contributed by atoms with E-state index in [4.69, 9.17) is 17.3 Å². The second-order valence-corrected chi connectivity index (χ2v) is 6.98. The molecule has 2 aromatic carbocycles. The summed E-state index contributed by atoms with van der Waals surface area (Å²) in [5.41, 5.74) is 7.40. The van der Waals surface area contributed by atoms with Crippen molar-refractivity contribution in [2.45, 2.75) is 17.6 Å². The predicted octanol–water partition coefficient (Wildman–Crippen LogP) is 4.38. The van der Waals surface area contributed by atoms with Gasteiger partial charge in [-0.3, -0.25) is 4.79 Å². The van der Waals surface area contributed by atoms with Crippen molar-refractivity contribution in [2.24, 2.45) is 11.7 Å². The number of carbonyl (C=O) groups is 1. The lowest BCUT2D eigenvalue weighted by molar-refractivity contribution is 0.0948. The molecule has 0 saturated carbocycles. The number of nitrogens with one attached hydrogen (secondary N) is 1. The van der Waals surface area contributed by atoms with Gasteiger partial charge >= 0.3 is 0 Å². The summed E-state index contributed by atoms with van der Waals surface area (Å²) in [4.78, 5) is 13.2. The van der Waals surface area contributed by atoms with Crippen molar-refractivity contribution < 1.29 is 4.79 Å². The minimum atomic E-state index is -0.0535. The number of halogens is 2. The maximum absolute atomic E-state index is 12.0. The van der Waals surface area contributed by atoms with Crippen LogP contribution in [0.25, 0.3) is 0 Å². The molecule has 0 fully saturated rings. The van der Waals surface area contributed by atoms with Crippen LogP contribution in [-0.4, -0.2) is 19.0 Å². The van der Waals surface area contributed by atoms with Crippen molar-refractivity contribution in [3.63, 3.8) is 0 Å². The third kappa shape index (κ3) is 6.73. The fourth-order valence-electron chi connectivity index (χ4n) is 1.90. The Morgan fingerprint density at radius 3 is 2.38 bits per heavy atom. The average molecular weight is 385 g/mol. The molecule has 0 heterocycles. The summed E-state index contributed by atoms with van der Waals surface area (Å²) in [5.74, 6) is 1.09. The smallest absolute Gasteiger partial charge is 0.251 e. The summed E-state index contributed by atoms with van der Waals surface area (Å²) < 4.78 is 0. The number of amides is 1. The Morgan fingerprint density at radius 1 is 1.17 bits per heavy atom. The van der Waals surface area contributed by atoms with E-state index in [0.717, 1.165) is 10.8 Å². The van der Waals surface area contributed by atoms with Crippen molar-refractivity contribution in [2.75, 3.05) is 13.1 Å². The van der Waals surface area contributed by atoms with E-state index in [1.807, 2.05) is 55.5 Å². The Bertz CT molecular complexity index is 632. The van der Waals surface area contributed by atoms with Gasteiger partial charge in [0.2, 0.25) is 0 Å². The van der Waals surface area contributed by atoms with Gasteiger partial charge in [0.1, 0.15) is 0 Å². The van der Waals surface area contributed by atoms with Crippen molar-refractivity contribution in [1.29, 1.82) is 0 Å². The topological polar surface area (TPSA) is 55.1 Å². The van der Waals surface area contributed by atoms with Crippen LogP contribution in [0.1, 0.15) is 22.8 Å². The number of carbonyl (C=O) groups excluding carboxylic acids is 1. The third-order valence-corrected chi connectivity index (χ3v) is 4.78. The molecule has 1 atom stereocenters. The maximum Gasteiger partial charge on any atom is 0.251 e. The molecule has 6 heteroatoms. The van der Waals surface area contributed by atoms with E-state index in [1.165, 1.54) is 10.5 Å². The van der Waals surface area contributed by atoms with Gasteiger partial charge in [-0.25, -0.2) is 0 Å². The molecule has 130 valence electrons. The molecule has 1 amide bonds. The number of hydrogen-bond acceptors (Lipinski definition) is 3. The van der Waals surface area contributed by atoms with Crippen LogP contribution >= 0.6 is 35.8 Å². The molecule has 3 nitrogen and oxygen atoms in total. The Hall–Kier alpha value is -1.20. The highest BCUT2D eigenvalue weighted by Crippen LogP contribution is 2.24. The van der Waals surface area contributed by atoms with Crippen LogP contribution in [0.15, 0.2) is 53.4 Å². The summed E-state index contributed by atoms with van der Waals surface area (Å²) in [5, 5.41) is 3.64. The fraction of sp³-hybridized carbons (Fsp3) is 0.278. The summed E-state index contributed by atoms with van der Waals surface area (Å²) in [7, 11) is 0. The molecule has 0 aliphatic heterocycles. The molecule has 0 radical (unpaired) electrons. The summed E-state index contributed by atoms with van der Waals surface area (Å²) >= 11 is 7.62. The predicted molar refractivity (Wildman–Crippen MR) is 105 cm³/mol. The van der Waals surface area contributed by atoms with Gasteiger partial charge in [0.05, 0.1) is 0 Å².